The van der Waals surface area contributed by atoms with Gasteiger partial charge in [0, 0.05) is 18.5 Å². The average molecular weight is 380 g/mol. The first-order valence-electron chi connectivity index (χ1n) is 9.30. The lowest BCUT2D eigenvalue weighted by Gasteiger charge is -2.17. The lowest BCUT2D eigenvalue weighted by molar-refractivity contribution is -0.115. The molecule has 0 atom stereocenters. The first-order chi connectivity index (χ1) is 13.6. The van der Waals surface area contributed by atoms with Crippen LogP contribution in [0.1, 0.15) is 30.0 Å². The average Bonchev–Trinajstić information content (AvgIpc) is 3.08. The lowest BCUT2D eigenvalue weighted by atomic mass is 10.1. The van der Waals surface area contributed by atoms with Crippen LogP contribution in [-0.4, -0.2) is 36.9 Å². The summed E-state index contributed by atoms with van der Waals surface area (Å²) in [5.41, 5.74) is 1.84. The largest absolute Gasteiger partial charge is 0.497 e. The molecule has 0 fully saturated rings. The molecule has 1 aromatic heterocycles. The number of benzene rings is 2. The second kappa shape index (κ2) is 8.61. The topological polar surface area (TPSA) is 71.8 Å². The molecule has 146 valence electrons. The van der Waals surface area contributed by atoms with Gasteiger partial charge < -0.3 is 19.4 Å². The van der Waals surface area contributed by atoms with Crippen molar-refractivity contribution >= 4 is 28.5 Å². The number of rotatable bonds is 7. The van der Waals surface area contributed by atoms with Crippen molar-refractivity contribution in [1.82, 2.24) is 4.90 Å². The van der Waals surface area contributed by atoms with E-state index in [0.717, 1.165) is 11.3 Å². The third kappa shape index (κ3) is 4.01. The molecule has 0 spiro atoms. The van der Waals surface area contributed by atoms with Crippen molar-refractivity contribution in [1.29, 1.82) is 0 Å². The van der Waals surface area contributed by atoms with Crippen molar-refractivity contribution in [3.8, 4) is 5.75 Å². The van der Waals surface area contributed by atoms with E-state index in [1.807, 2.05) is 56.3 Å². The molecule has 0 saturated heterocycles. The van der Waals surface area contributed by atoms with Gasteiger partial charge >= 0.3 is 0 Å². The van der Waals surface area contributed by atoms with Gasteiger partial charge in [0.1, 0.15) is 17.0 Å². The van der Waals surface area contributed by atoms with Crippen LogP contribution in [0.5, 0.6) is 5.75 Å². The maximum absolute atomic E-state index is 12.9. The molecular formula is C22H24N2O4. The van der Waals surface area contributed by atoms with Crippen LogP contribution in [0.4, 0.5) is 5.69 Å². The quantitative estimate of drug-likeness (QED) is 0.670. The summed E-state index contributed by atoms with van der Waals surface area (Å²) in [6, 6.07) is 14.6. The molecule has 6 heteroatoms. The summed E-state index contributed by atoms with van der Waals surface area (Å²) in [7, 11) is 1.60. The van der Waals surface area contributed by atoms with E-state index in [0.29, 0.717) is 29.7 Å². The third-order valence-corrected chi connectivity index (χ3v) is 4.63. The van der Waals surface area contributed by atoms with E-state index in [9.17, 15) is 9.59 Å². The van der Waals surface area contributed by atoms with E-state index >= 15 is 0 Å². The van der Waals surface area contributed by atoms with E-state index in [4.69, 9.17) is 9.15 Å². The van der Waals surface area contributed by atoms with Crippen LogP contribution in [0.15, 0.2) is 52.9 Å². The van der Waals surface area contributed by atoms with Gasteiger partial charge in [-0.1, -0.05) is 24.3 Å². The van der Waals surface area contributed by atoms with E-state index in [-0.39, 0.29) is 24.0 Å². The summed E-state index contributed by atoms with van der Waals surface area (Å²) in [5, 5.41) is 3.59. The second-order valence-electron chi connectivity index (χ2n) is 6.35. The minimum atomic E-state index is -0.235. The molecule has 0 unspecified atom stereocenters. The number of carbonyl (C=O) groups is 2. The highest BCUT2D eigenvalue weighted by Gasteiger charge is 2.25. The van der Waals surface area contributed by atoms with Crippen molar-refractivity contribution in [3.63, 3.8) is 0 Å². The van der Waals surface area contributed by atoms with E-state index in [2.05, 4.69) is 5.32 Å². The minimum Gasteiger partial charge on any atom is -0.497 e. The Kier molecular flexibility index (Phi) is 5.99. The highest BCUT2D eigenvalue weighted by atomic mass is 16.5. The number of furan rings is 1. The number of hydrogen-bond donors (Lipinski definition) is 1. The highest BCUT2D eigenvalue weighted by Crippen LogP contribution is 2.32. The minimum absolute atomic E-state index is 0.160. The second-order valence-corrected chi connectivity index (χ2v) is 6.35. The van der Waals surface area contributed by atoms with Crippen LogP contribution >= 0.6 is 0 Å². The van der Waals surface area contributed by atoms with Crippen molar-refractivity contribution in [2.45, 2.75) is 20.3 Å². The molecule has 2 amide bonds. The Morgan fingerprint density at radius 3 is 2.36 bits per heavy atom. The van der Waals surface area contributed by atoms with Gasteiger partial charge in [0.15, 0.2) is 0 Å². The predicted octanol–water partition coefficient (Wildman–Crippen LogP) is 4.10. The van der Waals surface area contributed by atoms with Crippen LogP contribution in [0, 0.1) is 0 Å². The normalized spacial score (nSPS) is 10.7. The summed E-state index contributed by atoms with van der Waals surface area (Å²) < 4.78 is 10.9. The molecule has 3 aromatic rings. The van der Waals surface area contributed by atoms with Crippen molar-refractivity contribution in [3.05, 3.63) is 59.9 Å². The molecular weight excluding hydrogens is 356 g/mol. The van der Waals surface area contributed by atoms with Crippen LogP contribution in [0.3, 0.4) is 0 Å². The molecule has 1 N–H and O–H groups in total. The fourth-order valence-electron chi connectivity index (χ4n) is 3.09. The Morgan fingerprint density at radius 2 is 1.71 bits per heavy atom. The standard InChI is InChI=1S/C22H24N2O4/c1-4-24(5-2)22(26)21-20(17-8-6-7-9-18(17)28-21)23-19(25)14-15-10-12-16(27-3)13-11-15/h6-13H,4-5,14H2,1-3H3,(H,23,25). The number of carbonyl (C=O) groups excluding carboxylic acids is 2. The van der Waals surface area contributed by atoms with Gasteiger partial charge in [-0.3, -0.25) is 9.59 Å². The van der Waals surface area contributed by atoms with Gasteiger partial charge in [0.25, 0.3) is 5.91 Å². The number of para-hydroxylation sites is 1. The molecule has 0 aliphatic rings. The van der Waals surface area contributed by atoms with E-state index < -0.39 is 0 Å². The number of hydrogen-bond acceptors (Lipinski definition) is 4. The molecule has 28 heavy (non-hydrogen) atoms. The molecule has 0 aliphatic carbocycles. The van der Waals surface area contributed by atoms with Crippen LogP contribution in [0.25, 0.3) is 11.0 Å². The van der Waals surface area contributed by atoms with Crippen LogP contribution in [0.2, 0.25) is 0 Å². The molecule has 6 nitrogen and oxygen atoms in total. The van der Waals surface area contributed by atoms with E-state index in [1.54, 1.807) is 18.1 Å². The molecule has 1 heterocycles. The summed E-state index contributed by atoms with van der Waals surface area (Å²) >= 11 is 0. The van der Waals surface area contributed by atoms with Crippen molar-refractivity contribution in [2.75, 3.05) is 25.5 Å². The Balaban J connectivity index is 1.89. The number of anilines is 1. The molecule has 2 aromatic carbocycles. The summed E-state index contributed by atoms with van der Waals surface area (Å²) in [6.07, 6.45) is 0.183. The number of nitrogens with one attached hydrogen (secondary N) is 1. The summed E-state index contributed by atoms with van der Waals surface area (Å²) in [6.45, 7) is 4.94. The number of methoxy groups -OCH3 is 1. The van der Waals surface area contributed by atoms with Gasteiger partial charge in [0.2, 0.25) is 11.7 Å². The first kappa shape index (κ1) is 19.5. The van der Waals surface area contributed by atoms with Crippen LogP contribution < -0.4 is 10.1 Å². The maximum Gasteiger partial charge on any atom is 0.291 e. The zero-order chi connectivity index (χ0) is 20.1. The van der Waals surface area contributed by atoms with Crippen molar-refractivity contribution in [2.24, 2.45) is 0 Å². The van der Waals surface area contributed by atoms with Crippen LogP contribution in [-0.2, 0) is 11.2 Å². The number of amides is 2. The predicted molar refractivity (Wildman–Crippen MR) is 109 cm³/mol. The smallest absolute Gasteiger partial charge is 0.291 e. The maximum atomic E-state index is 12.9. The summed E-state index contributed by atoms with van der Waals surface area (Å²) in [5.74, 6) is 0.441. The van der Waals surface area contributed by atoms with Gasteiger partial charge in [-0.05, 0) is 43.7 Å². The Bertz CT molecular complexity index is 972. The van der Waals surface area contributed by atoms with Gasteiger partial charge in [0.05, 0.1) is 13.5 Å². The fourth-order valence-corrected chi connectivity index (χ4v) is 3.09. The Labute approximate surface area is 164 Å². The highest BCUT2D eigenvalue weighted by molar-refractivity contribution is 6.11. The number of ether oxygens (including phenoxy) is 1. The number of nitrogens with zero attached hydrogens (tertiary/aromatic N) is 1. The molecule has 0 saturated carbocycles. The third-order valence-electron chi connectivity index (χ3n) is 4.63. The van der Waals surface area contributed by atoms with Crippen molar-refractivity contribution < 1.29 is 18.7 Å². The van der Waals surface area contributed by atoms with Gasteiger partial charge in [-0.2, -0.15) is 0 Å². The zero-order valence-electron chi connectivity index (χ0n) is 16.3. The summed E-state index contributed by atoms with van der Waals surface area (Å²) in [4.78, 5) is 27.2. The first-order valence-corrected chi connectivity index (χ1v) is 9.30. The molecule has 3 rings (SSSR count). The van der Waals surface area contributed by atoms with E-state index in [1.165, 1.54) is 0 Å². The Morgan fingerprint density at radius 1 is 1.04 bits per heavy atom. The lowest BCUT2D eigenvalue weighted by Crippen LogP contribution is -2.31. The molecule has 0 bridgehead atoms. The molecule has 0 radical (unpaired) electrons. The SMILES string of the molecule is CCN(CC)C(=O)c1oc2ccccc2c1NC(=O)Cc1ccc(OC)cc1. The molecule has 0 aliphatic heterocycles. The van der Waals surface area contributed by atoms with Gasteiger partial charge in [-0.25, -0.2) is 0 Å². The zero-order valence-corrected chi connectivity index (χ0v) is 16.3. The fraction of sp³-hybridized carbons (Fsp3) is 0.273. The van der Waals surface area contributed by atoms with Gasteiger partial charge in [-0.15, -0.1) is 0 Å². The Hall–Kier alpha value is -3.28. The number of fused-ring (bicyclic) bond motifs is 1. The monoisotopic (exact) mass is 380 g/mol.